The van der Waals surface area contributed by atoms with E-state index >= 15 is 0 Å². The van der Waals surface area contributed by atoms with Crippen molar-refractivity contribution in [2.24, 2.45) is 0 Å². The van der Waals surface area contributed by atoms with Gasteiger partial charge in [0.2, 0.25) is 5.13 Å². The number of halogens is 1. The lowest BCUT2D eigenvalue weighted by Gasteiger charge is -2.22. The van der Waals surface area contributed by atoms with E-state index < -0.39 is 22.7 Å². The van der Waals surface area contributed by atoms with E-state index in [-0.39, 0.29) is 22.2 Å². The third-order valence-corrected chi connectivity index (χ3v) is 9.14. The van der Waals surface area contributed by atoms with Gasteiger partial charge >= 0.3 is 5.91 Å². The molecule has 1 aliphatic rings. The largest absolute Gasteiger partial charge is 0.507 e. The van der Waals surface area contributed by atoms with E-state index in [4.69, 9.17) is 16.3 Å². The van der Waals surface area contributed by atoms with Crippen molar-refractivity contribution in [2.75, 3.05) is 11.5 Å². The maximum absolute atomic E-state index is 13.5. The third-order valence-electron chi connectivity index (χ3n) is 6.67. The van der Waals surface area contributed by atoms with Crippen LogP contribution in [0.2, 0.25) is 5.02 Å². The van der Waals surface area contributed by atoms with E-state index in [1.54, 1.807) is 30.3 Å². The SMILES string of the molecule is CCCCOc1ccc(/C(O)=C2/C(=O)C(=O)N(c3nnc(SCc4ccccc4Cl)s3)C2c2ccc([N+](=O)[O-])cc2)cc1. The van der Waals surface area contributed by atoms with E-state index in [2.05, 4.69) is 17.1 Å². The van der Waals surface area contributed by atoms with Crippen LogP contribution in [0.15, 0.2) is 82.7 Å². The lowest BCUT2D eigenvalue weighted by molar-refractivity contribution is -0.384. The summed E-state index contributed by atoms with van der Waals surface area (Å²) in [6.45, 7) is 2.61. The number of carbonyl (C=O) groups excluding carboxylic acids is 2. The molecule has 220 valence electrons. The first-order valence-corrected chi connectivity index (χ1v) is 15.4. The fraction of sp³-hybridized carbons (Fsp3) is 0.200. The van der Waals surface area contributed by atoms with E-state index in [1.807, 2.05) is 18.2 Å². The minimum Gasteiger partial charge on any atom is -0.507 e. The molecule has 0 saturated carbocycles. The number of carbonyl (C=O) groups is 2. The first kappa shape index (κ1) is 30.2. The Morgan fingerprint density at radius 3 is 2.49 bits per heavy atom. The van der Waals surface area contributed by atoms with Crippen LogP contribution >= 0.6 is 34.7 Å². The van der Waals surface area contributed by atoms with Gasteiger partial charge in [-0.2, -0.15) is 0 Å². The zero-order chi connectivity index (χ0) is 30.5. The fourth-order valence-electron chi connectivity index (χ4n) is 4.44. The van der Waals surface area contributed by atoms with Gasteiger partial charge in [0.25, 0.3) is 11.5 Å². The Balaban J connectivity index is 1.51. The second-order valence-electron chi connectivity index (χ2n) is 9.47. The molecule has 0 radical (unpaired) electrons. The summed E-state index contributed by atoms with van der Waals surface area (Å²) < 4.78 is 6.23. The van der Waals surface area contributed by atoms with E-state index in [1.165, 1.54) is 40.9 Å². The Labute approximate surface area is 260 Å². The number of benzene rings is 3. The van der Waals surface area contributed by atoms with Crippen LogP contribution in [0.5, 0.6) is 5.75 Å². The number of nitrogens with zero attached hydrogens (tertiary/aromatic N) is 4. The highest BCUT2D eigenvalue weighted by molar-refractivity contribution is 8.00. The maximum atomic E-state index is 13.5. The van der Waals surface area contributed by atoms with Crippen molar-refractivity contribution in [3.8, 4) is 5.75 Å². The Morgan fingerprint density at radius 2 is 1.81 bits per heavy atom. The average molecular weight is 637 g/mol. The van der Waals surface area contributed by atoms with Gasteiger partial charge in [0, 0.05) is 28.5 Å². The molecule has 0 aliphatic carbocycles. The topological polar surface area (TPSA) is 136 Å². The van der Waals surface area contributed by atoms with Crippen molar-refractivity contribution < 1.29 is 24.4 Å². The number of ether oxygens (including phenoxy) is 1. The van der Waals surface area contributed by atoms with Gasteiger partial charge in [-0.3, -0.25) is 24.6 Å². The van der Waals surface area contributed by atoms with E-state index in [0.29, 0.717) is 38.6 Å². The number of nitro benzene ring substituents is 1. The van der Waals surface area contributed by atoms with Gasteiger partial charge in [-0.1, -0.05) is 66.2 Å². The number of aromatic nitrogens is 2. The van der Waals surface area contributed by atoms with Crippen LogP contribution in [-0.4, -0.2) is 38.5 Å². The molecule has 1 fully saturated rings. The molecule has 43 heavy (non-hydrogen) atoms. The number of hydrogen-bond donors (Lipinski definition) is 1. The average Bonchev–Trinajstić information content (AvgIpc) is 3.58. The number of ketones is 1. The predicted octanol–water partition coefficient (Wildman–Crippen LogP) is 7.20. The molecule has 0 spiro atoms. The molecule has 1 unspecified atom stereocenters. The molecule has 5 rings (SSSR count). The highest BCUT2D eigenvalue weighted by Gasteiger charge is 2.48. The van der Waals surface area contributed by atoms with Crippen LogP contribution in [0, 0.1) is 10.1 Å². The summed E-state index contributed by atoms with van der Waals surface area (Å²) in [5, 5.41) is 31.8. The number of aliphatic hydroxyl groups excluding tert-OH is 1. The minimum atomic E-state index is -1.10. The highest BCUT2D eigenvalue weighted by Crippen LogP contribution is 2.44. The van der Waals surface area contributed by atoms with Crippen LogP contribution < -0.4 is 9.64 Å². The molecule has 4 aromatic rings. The molecule has 13 heteroatoms. The molecular formula is C30H25ClN4O6S2. The predicted molar refractivity (Wildman–Crippen MR) is 166 cm³/mol. The number of aliphatic hydroxyl groups is 1. The number of thioether (sulfide) groups is 1. The van der Waals surface area contributed by atoms with Crippen molar-refractivity contribution in [1.29, 1.82) is 0 Å². The molecule has 1 aliphatic heterocycles. The number of non-ortho nitro benzene ring substituents is 1. The molecule has 1 aromatic heterocycles. The van der Waals surface area contributed by atoms with Crippen LogP contribution in [0.3, 0.4) is 0 Å². The molecule has 1 amide bonds. The van der Waals surface area contributed by atoms with E-state index in [9.17, 15) is 24.8 Å². The maximum Gasteiger partial charge on any atom is 0.301 e. The summed E-state index contributed by atoms with van der Waals surface area (Å²) in [5.41, 5.74) is 1.26. The van der Waals surface area contributed by atoms with Crippen molar-refractivity contribution in [2.45, 2.75) is 35.9 Å². The van der Waals surface area contributed by atoms with Gasteiger partial charge in [-0.15, -0.1) is 10.2 Å². The molecule has 1 atom stereocenters. The number of unbranched alkanes of at least 4 members (excludes halogenated alkanes) is 1. The Bertz CT molecular complexity index is 1690. The van der Waals surface area contributed by atoms with Crippen LogP contribution in [0.4, 0.5) is 10.8 Å². The quantitative estimate of drug-likeness (QED) is 0.0265. The van der Waals surface area contributed by atoms with Crippen molar-refractivity contribution >= 4 is 63.0 Å². The Kier molecular flexibility index (Phi) is 9.39. The lowest BCUT2D eigenvalue weighted by Crippen LogP contribution is -2.29. The number of rotatable bonds is 11. The molecule has 1 N–H and O–H groups in total. The number of anilines is 1. The molecule has 0 bridgehead atoms. The van der Waals surface area contributed by atoms with Gasteiger partial charge in [-0.05, 0) is 60.0 Å². The summed E-state index contributed by atoms with van der Waals surface area (Å²) >= 11 is 8.75. The van der Waals surface area contributed by atoms with Crippen LogP contribution in [-0.2, 0) is 15.3 Å². The standard InChI is InChI=1S/C30H25ClN4O6S2/c1-2-3-16-41-22-14-10-19(11-15-22)26(36)24-25(18-8-12-21(13-9-18)35(39)40)34(28(38)27(24)37)29-32-33-30(43-29)42-17-20-6-4-5-7-23(20)31/h4-15,25,36H,2-3,16-17H2,1H3/b26-24-. The van der Waals surface area contributed by atoms with Gasteiger partial charge in [0.15, 0.2) is 4.34 Å². The monoisotopic (exact) mass is 636 g/mol. The number of nitro groups is 1. The van der Waals surface area contributed by atoms with Crippen LogP contribution in [0.1, 0.15) is 42.5 Å². The third kappa shape index (κ3) is 6.56. The lowest BCUT2D eigenvalue weighted by atomic mass is 9.95. The number of Topliss-reactive ketones (excluding diaryl/α,β-unsaturated/α-hetero) is 1. The van der Waals surface area contributed by atoms with Crippen LogP contribution in [0.25, 0.3) is 5.76 Å². The van der Waals surface area contributed by atoms with Gasteiger partial charge in [0.1, 0.15) is 11.5 Å². The summed E-state index contributed by atoms with van der Waals surface area (Å²) in [7, 11) is 0. The summed E-state index contributed by atoms with van der Waals surface area (Å²) in [5.74, 6) is -1.08. The first-order valence-electron chi connectivity index (χ1n) is 13.3. The number of amides is 1. The summed E-state index contributed by atoms with van der Waals surface area (Å²) in [4.78, 5) is 38.8. The first-order chi connectivity index (χ1) is 20.8. The Morgan fingerprint density at radius 1 is 1.09 bits per heavy atom. The van der Waals surface area contributed by atoms with Crippen molar-refractivity contribution in [3.63, 3.8) is 0 Å². The molecule has 1 saturated heterocycles. The Hall–Kier alpha value is -4.26. The zero-order valence-corrected chi connectivity index (χ0v) is 25.2. The second-order valence-corrected chi connectivity index (χ2v) is 12.1. The second kappa shape index (κ2) is 13.4. The van der Waals surface area contributed by atoms with Gasteiger partial charge in [-0.25, -0.2) is 0 Å². The summed E-state index contributed by atoms with van der Waals surface area (Å²) in [6, 6.07) is 18.3. The van der Waals surface area contributed by atoms with E-state index in [0.717, 1.165) is 29.7 Å². The zero-order valence-electron chi connectivity index (χ0n) is 22.8. The molecular weight excluding hydrogens is 612 g/mol. The van der Waals surface area contributed by atoms with Gasteiger partial charge in [0.05, 0.1) is 23.1 Å². The van der Waals surface area contributed by atoms with Gasteiger partial charge < -0.3 is 9.84 Å². The van der Waals surface area contributed by atoms with Crippen molar-refractivity contribution in [3.05, 3.63) is 110 Å². The normalized spacial score (nSPS) is 16.0. The molecule has 2 heterocycles. The molecule has 3 aromatic carbocycles. The molecule has 10 nitrogen and oxygen atoms in total. The smallest absolute Gasteiger partial charge is 0.301 e. The number of hydrogen-bond acceptors (Lipinski definition) is 10. The van der Waals surface area contributed by atoms with Crippen molar-refractivity contribution in [1.82, 2.24) is 10.2 Å². The minimum absolute atomic E-state index is 0.144. The highest BCUT2D eigenvalue weighted by atomic mass is 35.5. The summed E-state index contributed by atoms with van der Waals surface area (Å²) in [6.07, 6.45) is 1.88. The fourth-order valence-corrected chi connectivity index (χ4v) is 6.59.